The lowest BCUT2D eigenvalue weighted by Gasteiger charge is -2.44. The molecule has 0 amide bonds. The highest BCUT2D eigenvalue weighted by Gasteiger charge is 2.50. The highest BCUT2D eigenvalue weighted by molar-refractivity contribution is 6.21. The van der Waals surface area contributed by atoms with Crippen LogP contribution in [0.1, 0.15) is 85.5 Å². The van der Waals surface area contributed by atoms with Crippen LogP contribution < -0.4 is 0 Å². The van der Waals surface area contributed by atoms with E-state index in [0.717, 1.165) is 30.8 Å². The summed E-state index contributed by atoms with van der Waals surface area (Å²) in [4.78, 5) is 0. The number of alkyl halides is 1. The van der Waals surface area contributed by atoms with Crippen molar-refractivity contribution in [3.63, 3.8) is 0 Å². The minimum absolute atomic E-state index is 0.348. The lowest BCUT2D eigenvalue weighted by atomic mass is 9.60. The second-order valence-electron chi connectivity index (χ2n) is 11.4. The summed E-state index contributed by atoms with van der Waals surface area (Å²) < 4.78 is 0. The van der Waals surface area contributed by atoms with E-state index in [1.54, 1.807) is 0 Å². The van der Waals surface area contributed by atoms with Gasteiger partial charge in [-0.15, -0.1) is 11.6 Å². The van der Waals surface area contributed by atoms with Gasteiger partial charge in [0.25, 0.3) is 0 Å². The molecule has 0 saturated heterocycles. The number of hydrogen-bond acceptors (Lipinski definition) is 3. The number of allylic oxidation sites excluding steroid dienone is 3. The summed E-state index contributed by atoms with van der Waals surface area (Å²) in [6.07, 6.45) is 12.5. The van der Waals surface area contributed by atoms with Crippen molar-refractivity contribution in [1.29, 1.82) is 0 Å². The second kappa shape index (κ2) is 9.71. The Morgan fingerprint density at radius 1 is 1.26 bits per heavy atom. The van der Waals surface area contributed by atoms with Crippen LogP contribution in [-0.2, 0) is 0 Å². The van der Waals surface area contributed by atoms with E-state index in [-0.39, 0.29) is 0 Å². The summed E-state index contributed by atoms with van der Waals surface area (Å²) >= 11 is 6.11. The van der Waals surface area contributed by atoms with Gasteiger partial charge in [0.2, 0.25) is 0 Å². The fourth-order valence-corrected chi connectivity index (χ4v) is 6.96. The van der Waals surface area contributed by atoms with E-state index in [4.69, 9.17) is 11.6 Å². The molecule has 4 heteroatoms. The number of aliphatic hydroxyl groups is 3. The van der Waals surface area contributed by atoms with Crippen molar-refractivity contribution in [3.05, 3.63) is 35.5 Å². The molecule has 3 fully saturated rings. The average Bonchev–Trinajstić information content (AvgIpc) is 3.04. The maximum absolute atomic E-state index is 10.3. The third-order valence-electron chi connectivity index (χ3n) is 8.54. The van der Waals surface area contributed by atoms with Crippen LogP contribution in [0, 0.1) is 23.2 Å². The molecule has 176 valence electrons. The summed E-state index contributed by atoms with van der Waals surface area (Å²) in [6, 6.07) is 0. The summed E-state index contributed by atoms with van der Waals surface area (Å²) in [5, 5.41) is 29.8. The maximum Gasteiger partial charge on any atom is 0.0975 e. The van der Waals surface area contributed by atoms with Crippen LogP contribution in [0.15, 0.2) is 35.5 Å². The van der Waals surface area contributed by atoms with E-state index in [9.17, 15) is 15.3 Å². The van der Waals surface area contributed by atoms with E-state index < -0.39 is 23.2 Å². The molecular formula is C27H43ClO3. The van der Waals surface area contributed by atoms with Gasteiger partial charge in [0, 0.05) is 6.42 Å². The van der Waals surface area contributed by atoms with Crippen LogP contribution in [0.2, 0.25) is 0 Å². The van der Waals surface area contributed by atoms with E-state index >= 15 is 0 Å². The quantitative estimate of drug-likeness (QED) is 0.440. The Bertz CT molecular complexity index is 718. The zero-order chi connectivity index (χ0) is 23.0. The minimum atomic E-state index is -0.882. The Hall–Kier alpha value is -0.610. The molecule has 3 nitrogen and oxygen atoms in total. The third kappa shape index (κ3) is 5.49. The zero-order valence-electron chi connectivity index (χ0n) is 19.9. The first-order valence-corrected chi connectivity index (χ1v) is 12.7. The van der Waals surface area contributed by atoms with Crippen LogP contribution in [0.5, 0.6) is 0 Å². The molecule has 0 bridgehead atoms. The van der Waals surface area contributed by atoms with Gasteiger partial charge < -0.3 is 15.3 Å². The van der Waals surface area contributed by atoms with Crippen LogP contribution in [0.25, 0.3) is 0 Å². The molecule has 31 heavy (non-hydrogen) atoms. The molecular weight excluding hydrogens is 408 g/mol. The van der Waals surface area contributed by atoms with E-state index in [0.29, 0.717) is 29.2 Å². The molecule has 0 aromatic heterocycles. The molecule has 0 heterocycles. The largest absolute Gasteiger partial charge is 0.391 e. The Morgan fingerprint density at radius 2 is 1.97 bits per heavy atom. The molecule has 0 aromatic rings. The van der Waals surface area contributed by atoms with Crippen molar-refractivity contribution in [3.8, 4) is 0 Å². The normalized spacial score (nSPS) is 40.4. The number of aliphatic hydroxyl groups excluding tert-OH is 2. The highest BCUT2D eigenvalue weighted by atomic mass is 35.5. The molecule has 7 atom stereocenters. The van der Waals surface area contributed by atoms with Gasteiger partial charge in [0.1, 0.15) is 0 Å². The first kappa shape index (κ1) is 25.0. The fraction of sp³-hybridized carbons (Fsp3) is 0.778. The topological polar surface area (TPSA) is 60.7 Å². The molecule has 0 radical (unpaired) electrons. The average molecular weight is 451 g/mol. The Morgan fingerprint density at radius 3 is 2.65 bits per heavy atom. The summed E-state index contributed by atoms with van der Waals surface area (Å²) in [6.45, 7) is 12.8. The van der Waals surface area contributed by atoms with Gasteiger partial charge in [0.15, 0.2) is 0 Å². The van der Waals surface area contributed by atoms with Gasteiger partial charge in [-0.1, -0.05) is 51.0 Å². The molecule has 0 aliphatic heterocycles. The second-order valence-corrected chi connectivity index (χ2v) is 11.9. The predicted molar refractivity (Wildman–Crippen MR) is 129 cm³/mol. The van der Waals surface area contributed by atoms with Gasteiger partial charge in [-0.25, -0.2) is 0 Å². The Labute approximate surface area is 194 Å². The molecule has 3 aliphatic rings. The Kier molecular flexibility index (Phi) is 7.84. The molecule has 3 rings (SSSR count). The van der Waals surface area contributed by atoms with Crippen molar-refractivity contribution in [2.75, 3.05) is 0 Å². The van der Waals surface area contributed by atoms with Crippen LogP contribution in [0.3, 0.4) is 0 Å². The number of hydrogen-bond donors (Lipinski definition) is 3. The molecule has 0 spiro atoms. The van der Waals surface area contributed by atoms with Crippen molar-refractivity contribution in [1.82, 2.24) is 0 Å². The summed E-state index contributed by atoms with van der Waals surface area (Å²) in [7, 11) is 0. The van der Waals surface area contributed by atoms with Crippen LogP contribution in [-0.4, -0.2) is 38.5 Å². The van der Waals surface area contributed by atoms with Gasteiger partial charge >= 0.3 is 0 Å². The molecule has 3 saturated carbocycles. The Balaban J connectivity index is 1.71. The zero-order valence-corrected chi connectivity index (χ0v) is 20.7. The lowest BCUT2D eigenvalue weighted by Crippen LogP contribution is -2.39. The van der Waals surface area contributed by atoms with E-state index in [2.05, 4.69) is 32.6 Å². The van der Waals surface area contributed by atoms with E-state index in [1.165, 1.54) is 37.7 Å². The van der Waals surface area contributed by atoms with Crippen molar-refractivity contribution >= 4 is 11.6 Å². The maximum atomic E-state index is 10.3. The van der Waals surface area contributed by atoms with E-state index in [1.807, 2.05) is 13.8 Å². The standard InChI is InChI=1S/C27H43ClO3/c1-17(8-6-14-26(3,4)31)21-12-13-22-19(9-7-15-27(21,22)5)10-11-20-16-23(29)24(28)25(30)18(20)2/h10-11,17,21-25,29-31H,2,6-9,12-16H2,1,3-5H3/b19-10+,20-11-/t17-,21-,22+,23-,24+,25+,27-/m1/s1. The van der Waals surface area contributed by atoms with Gasteiger partial charge in [-0.05, 0) is 86.7 Å². The molecule has 0 aromatic carbocycles. The van der Waals surface area contributed by atoms with Crippen molar-refractivity contribution in [2.24, 2.45) is 23.2 Å². The first-order chi connectivity index (χ1) is 14.4. The van der Waals surface area contributed by atoms with Crippen molar-refractivity contribution in [2.45, 2.75) is 109 Å². The molecule has 0 unspecified atom stereocenters. The smallest absolute Gasteiger partial charge is 0.0975 e. The SMILES string of the molecule is C=C1/C(=C\C=C2/CCC[C@]3(C)[C@@H]([C@H](C)CCCC(C)(C)O)CC[C@@H]23)C[C@@H](O)[C@H](Cl)[C@H]1O. The monoisotopic (exact) mass is 450 g/mol. The number of fused-ring (bicyclic) bond motifs is 1. The third-order valence-corrected chi connectivity index (χ3v) is 9.07. The first-order valence-electron chi connectivity index (χ1n) is 12.3. The van der Waals surface area contributed by atoms with Crippen molar-refractivity contribution < 1.29 is 15.3 Å². The molecule has 3 N–H and O–H groups in total. The van der Waals surface area contributed by atoms with Crippen LogP contribution >= 0.6 is 11.6 Å². The summed E-state index contributed by atoms with van der Waals surface area (Å²) in [5.41, 5.74) is 2.87. The molecule has 3 aliphatic carbocycles. The summed E-state index contributed by atoms with van der Waals surface area (Å²) in [5.74, 6) is 2.03. The lowest BCUT2D eigenvalue weighted by molar-refractivity contribution is 0.0596. The van der Waals surface area contributed by atoms with Crippen LogP contribution in [0.4, 0.5) is 0 Å². The predicted octanol–water partition coefficient (Wildman–Crippen LogP) is 5.92. The number of halogens is 1. The van der Waals surface area contributed by atoms with Gasteiger partial charge in [0.05, 0.1) is 23.2 Å². The van der Waals surface area contributed by atoms with Gasteiger partial charge in [-0.3, -0.25) is 0 Å². The fourth-order valence-electron chi connectivity index (χ4n) is 6.72. The highest BCUT2D eigenvalue weighted by Crippen LogP contribution is 2.60. The minimum Gasteiger partial charge on any atom is -0.391 e. The van der Waals surface area contributed by atoms with Gasteiger partial charge in [-0.2, -0.15) is 0 Å². The number of rotatable bonds is 6.